The number of nitrogens with zero attached hydrogens (tertiary/aromatic N) is 1. The van der Waals surface area contributed by atoms with Crippen LogP contribution in [0.25, 0.3) is 10.9 Å². The van der Waals surface area contributed by atoms with E-state index >= 15 is 0 Å². The van der Waals surface area contributed by atoms with Gasteiger partial charge in [0.2, 0.25) is 0 Å². The number of alkyl halides is 3. The molecule has 0 aliphatic heterocycles. The van der Waals surface area contributed by atoms with Crippen LogP contribution in [0, 0.1) is 5.82 Å². The number of pyridine rings is 1. The van der Waals surface area contributed by atoms with Crippen molar-refractivity contribution in [3.63, 3.8) is 0 Å². The van der Waals surface area contributed by atoms with E-state index in [9.17, 15) is 17.6 Å². The number of nitrogens with one attached hydrogen (secondary N) is 1. The fourth-order valence-electron chi connectivity index (χ4n) is 2.50. The number of aromatic nitrogens is 1. The van der Waals surface area contributed by atoms with Gasteiger partial charge < -0.3 is 5.32 Å². The summed E-state index contributed by atoms with van der Waals surface area (Å²) in [7, 11) is 0. The lowest BCUT2D eigenvalue weighted by atomic mass is 10.1. The van der Waals surface area contributed by atoms with Crippen LogP contribution in [-0.2, 0) is 12.6 Å². The number of hydrogen-bond donors (Lipinski definition) is 1. The molecule has 0 fully saturated rings. The predicted molar refractivity (Wildman–Crippen MR) is 85.3 cm³/mol. The highest BCUT2D eigenvalue weighted by Gasteiger charge is 2.29. The molecule has 0 aliphatic rings. The van der Waals surface area contributed by atoms with Gasteiger partial charge in [-0.25, -0.2) is 4.39 Å². The van der Waals surface area contributed by atoms with Crippen molar-refractivity contribution in [1.29, 1.82) is 0 Å². The molecule has 0 unspecified atom stereocenters. The molecule has 0 radical (unpaired) electrons. The molecule has 1 aromatic heterocycles. The molecule has 0 amide bonds. The summed E-state index contributed by atoms with van der Waals surface area (Å²) >= 11 is 0. The Bertz CT molecular complexity index is 842. The number of rotatable bonds is 4. The molecular formula is C18H14F4N2. The minimum Gasteiger partial charge on any atom is -0.384 e. The Kier molecular flexibility index (Phi) is 4.38. The van der Waals surface area contributed by atoms with E-state index in [1.54, 1.807) is 18.2 Å². The van der Waals surface area contributed by atoms with Gasteiger partial charge in [0, 0.05) is 23.8 Å². The van der Waals surface area contributed by atoms with E-state index in [4.69, 9.17) is 0 Å². The second-order valence-corrected chi connectivity index (χ2v) is 5.37. The Morgan fingerprint density at radius 1 is 0.958 bits per heavy atom. The number of anilines is 1. The quantitative estimate of drug-likeness (QED) is 0.676. The van der Waals surface area contributed by atoms with Gasteiger partial charge in [-0.1, -0.05) is 24.3 Å². The van der Waals surface area contributed by atoms with Crippen molar-refractivity contribution >= 4 is 16.6 Å². The van der Waals surface area contributed by atoms with E-state index in [0.717, 1.165) is 23.4 Å². The highest BCUT2D eigenvalue weighted by atomic mass is 19.4. The van der Waals surface area contributed by atoms with Gasteiger partial charge in [0.05, 0.1) is 5.56 Å². The molecule has 124 valence electrons. The topological polar surface area (TPSA) is 24.9 Å². The number of benzene rings is 2. The lowest BCUT2D eigenvalue weighted by Crippen LogP contribution is -2.07. The van der Waals surface area contributed by atoms with Crippen molar-refractivity contribution in [2.75, 3.05) is 11.9 Å². The third-order valence-corrected chi connectivity index (χ3v) is 3.73. The Morgan fingerprint density at radius 3 is 2.42 bits per heavy atom. The number of halogens is 4. The Hall–Kier alpha value is -2.63. The average Bonchev–Trinajstić information content (AvgIpc) is 2.55. The summed E-state index contributed by atoms with van der Waals surface area (Å²) in [5.41, 5.74) is 1.17. The number of hydrogen-bond acceptors (Lipinski definition) is 2. The largest absolute Gasteiger partial charge is 0.416 e. The fourth-order valence-corrected chi connectivity index (χ4v) is 2.50. The predicted octanol–water partition coefficient (Wildman–Crippen LogP) is 5.05. The van der Waals surface area contributed by atoms with E-state index in [-0.39, 0.29) is 11.3 Å². The van der Waals surface area contributed by atoms with Crippen LogP contribution in [0.1, 0.15) is 11.1 Å². The smallest absolute Gasteiger partial charge is 0.384 e. The van der Waals surface area contributed by atoms with Gasteiger partial charge in [-0.2, -0.15) is 13.2 Å². The first kappa shape index (κ1) is 16.2. The third kappa shape index (κ3) is 3.48. The number of fused-ring (bicyclic) bond motifs is 1. The van der Waals surface area contributed by atoms with Gasteiger partial charge >= 0.3 is 6.18 Å². The minimum atomic E-state index is -4.32. The summed E-state index contributed by atoms with van der Waals surface area (Å²) in [6, 6.07) is 11.6. The lowest BCUT2D eigenvalue weighted by Gasteiger charge is -2.11. The molecule has 3 rings (SSSR count). The monoisotopic (exact) mass is 334 g/mol. The fraction of sp³-hybridized carbons (Fsp3) is 0.167. The van der Waals surface area contributed by atoms with Crippen molar-refractivity contribution < 1.29 is 17.6 Å². The Morgan fingerprint density at radius 2 is 1.71 bits per heavy atom. The summed E-state index contributed by atoms with van der Waals surface area (Å²) in [6.45, 7) is 0.515. The van der Waals surface area contributed by atoms with Crippen LogP contribution in [0.4, 0.5) is 23.2 Å². The molecule has 0 aliphatic carbocycles. The van der Waals surface area contributed by atoms with Crippen molar-refractivity contribution in [1.82, 2.24) is 4.98 Å². The molecule has 0 spiro atoms. The van der Waals surface area contributed by atoms with Gasteiger partial charge in [0.1, 0.15) is 11.3 Å². The van der Waals surface area contributed by atoms with Crippen LogP contribution in [0.3, 0.4) is 0 Å². The van der Waals surface area contributed by atoms with E-state index in [0.29, 0.717) is 18.4 Å². The molecule has 1 heterocycles. The first-order valence-electron chi connectivity index (χ1n) is 7.38. The van der Waals surface area contributed by atoms with Crippen molar-refractivity contribution in [3.05, 3.63) is 71.7 Å². The van der Waals surface area contributed by atoms with Crippen LogP contribution in [-0.4, -0.2) is 11.5 Å². The molecule has 24 heavy (non-hydrogen) atoms. The summed E-state index contributed by atoms with van der Waals surface area (Å²) in [5.74, 6) is -0.390. The summed E-state index contributed by atoms with van der Waals surface area (Å²) < 4.78 is 51.3. The molecule has 0 atom stereocenters. The SMILES string of the molecule is Fc1cccc2c(NCCc3ccc(C(F)(F)F)cc3)ccnc12. The van der Waals surface area contributed by atoms with Crippen molar-refractivity contribution in [3.8, 4) is 0 Å². The second-order valence-electron chi connectivity index (χ2n) is 5.37. The van der Waals surface area contributed by atoms with Gasteiger partial charge in [-0.3, -0.25) is 4.98 Å². The van der Waals surface area contributed by atoms with Crippen molar-refractivity contribution in [2.45, 2.75) is 12.6 Å². The van der Waals surface area contributed by atoms with E-state index in [2.05, 4.69) is 10.3 Å². The zero-order valence-corrected chi connectivity index (χ0v) is 12.6. The molecule has 2 nitrogen and oxygen atoms in total. The lowest BCUT2D eigenvalue weighted by molar-refractivity contribution is -0.137. The van der Waals surface area contributed by atoms with E-state index in [1.807, 2.05) is 0 Å². The molecule has 1 N–H and O–H groups in total. The van der Waals surface area contributed by atoms with Crippen molar-refractivity contribution in [2.24, 2.45) is 0 Å². The van der Waals surface area contributed by atoms with Crippen LogP contribution in [0.15, 0.2) is 54.7 Å². The molecule has 6 heteroatoms. The molecule has 2 aromatic carbocycles. The summed E-state index contributed by atoms with van der Waals surface area (Å²) in [5, 5.41) is 3.85. The molecule has 0 bridgehead atoms. The van der Waals surface area contributed by atoms with Crippen LogP contribution >= 0.6 is 0 Å². The molecule has 0 saturated carbocycles. The maximum Gasteiger partial charge on any atom is 0.416 e. The maximum absolute atomic E-state index is 13.7. The molecular weight excluding hydrogens is 320 g/mol. The van der Waals surface area contributed by atoms with Crippen LogP contribution in [0.5, 0.6) is 0 Å². The van der Waals surface area contributed by atoms with Gasteiger partial charge in [0.25, 0.3) is 0 Å². The highest BCUT2D eigenvalue weighted by Crippen LogP contribution is 2.29. The van der Waals surface area contributed by atoms with Gasteiger partial charge in [0.15, 0.2) is 0 Å². The first-order chi connectivity index (χ1) is 11.4. The Labute approximate surface area is 136 Å². The molecule has 3 aromatic rings. The zero-order chi connectivity index (χ0) is 17.2. The standard InChI is InChI=1S/C18H14F4N2/c19-15-3-1-2-14-16(9-11-24-17(14)15)23-10-8-12-4-6-13(7-5-12)18(20,21)22/h1-7,9,11H,8,10H2,(H,23,24). The normalized spacial score (nSPS) is 11.7. The van der Waals surface area contributed by atoms with E-state index in [1.165, 1.54) is 24.4 Å². The van der Waals surface area contributed by atoms with Gasteiger partial charge in [-0.15, -0.1) is 0 Å². The third-order valence-electron chi connectivity index (χ3n) is 3.73. The first-order valence-corrected chi connectivity index (χ1v) is 7.38. The zero-order valence-electron chi connectivity index (χ0n) is 12.6. The summed E-state index contributed by atoms with van der Waals surface area (Å²) in [6.07, 6.45) is -2.25. The maximum atomic E-state index is 13.7. The Balaban J connectivity index is 1.68. The van der Waals surface area contributed by atoms with Gasteiger partial charge in [-0.05, 0) is 36.2 Å². The second kappa shape index (κ2) is 6.47. The van der Waals surface area contributed by atoms with Crippen LogP contribution in [0.2, 0.25) is 0 Å². The highest BCUT2D eigenvalue weighted by molar-refractivity contribution is 5.91. The summed E-state index contributed by atoms with van der Waals surface area (Å²) in [4.78, 5) is 4.02. The number of para-hydroxylation sites is 1. The average molecular weight is 334 g/mol. The minimum absolute atomic E-state index is 0.289. The molecule has 0 saturated heterocycles. The van der Waals surface area contributed by atoms with E-state index < -0.39 is 11.7 Å². The van der Waals surface area contributed by atoms with Crippen LogP contribution < -0.4 is 5.32 Å².